The fourth-order valence-electron chi connectivity index (χ4n) is 3.57. The highest BCUT2D eigenvalue weighted by Gasteiger charge is 2.39. The zero-order chi connectivity index (χ0) is 13.3. The maximum absolute atomic E-state index is 6.09. The van der Waals surface area contributed by atoms with Crippen LogP contribution < -0.4 is 5.32 Å². The minimum atomic E-state index is 0.191. The number of halogens is 1. The molecule has 1 saturated heterocycles. The van der Waals surface area contributed by atoms with Crippen molar-refractivity contribution in [2.45, 2.75) is 57.1 Å². The molecule has 1 aliphatic heterocycles. The molecule has 1 aromatic rings. The molecule has 3 rings (SSSR count). The molecule has 1 N–H and O–H groups in total. The van der Waals surface area contributed by atoms with E-state index in [2.05, 4.69) is 46.4 Å². The number of rotatable bonds is 2. The van der Waals surface area contributed by atoms with Crippen LogP contribution in [0.2, 0.25) is 0 Å². The lowest BCUT2D eigenvalue weighted by molar-refractivity contribution is -0.0767. The predicted octanol–water partition coefficient (Wildman–Crippen LogP) is 4.66. The Morgan fingerprint density at radius 2 is 2.05 bits per heavy atom. The minimum Gasteiger partial charge on any atom is -0.382 e. The molecule has 1 aromatic carbocycles. The Bertz CT molecular complexity index is 434. The Morgan fingerprint density at radius 1 is 1.26 bits per heavy atom. The molecule has 2 aliphatic rings. The number of benzene rings is 1. The maximum Gasteiger partial charge on any atom is 0.0702 e. The van der Waals surface area contributed by atoms with Gasteiger partial charge in [-0.2, -0.15) is 0 Å². The predicted molar refractivity (Wildman–Crippen MR) is 82.7 cm³/mol. The zero-order valence-corrected chi connectivity index (χ0v) is 13.1. The van der Waals surface area contributed by atoms with Gasteiger partial charge in [0, 0.05) is 22.8 Å². The van der Waals surface area contributed by atoms with Gasteiger partial charge < -0.3 is 10.1 Å². The molecule has 2 nitrogen and oxygen atoms in total. The molecule has 0 radical (unpaired) electrons. The largest absolute Gasteiger partial charge is 0.382 e. The van der Waals surface area contributed by atoms with Gasteiger partial charge in [-0.3, -0.25) is 0 Å². The third-order valence-electron chi connectivity index (χ3n) is 4.42. The zero-order valence-electron chi connectivity index (χ0n) is 11.5. The Morgan fingerprint density at radius 3 is 2.79 bits per heavy atom. The number of ether oxygens (including phenoxy) is 1. The lowest BCUT2D eigenvalue weighted by Crippen LogP contribution is -2.42. The lowest BCUT2D eigenvalue weighted by atomic mass is 9.89. The van der Waals surface area contributed by atoms with Crippen molar-refractivity contribution in [1.82, 2.24) is 0 Å². The van der Waals surface area contributed by atoms with Crippen LogP contribution in [-0.4, -0.2) is 18.2 Å². The van der Waals surface area contributed by atoms with Crippen LogP contribution in [0.1, 0.15) is 44.1 Å². The van der Waals surface area contributed by atoms with Gasteiger partial charge in [-0.15, -0.1) is 0 Å². The minimum absolute atomic E-state index is 0.191. The van der Waals surface area contributed by atoms with E-state index in [0.717, 1.165) is 17.5 Å². The van der Waals surface area contributed by atoms with Crippen molar-refractivity contribution < 1.29 is 4.74 Å². The molecular weight excluding hydrogens is 302 g/mol. The summed E-state index contributed by atoms with van der Waals surface area (Å²) >= 11 is 3.57. The highest BCUT2D eigenvalue weighted by atomic mass is 79.9. The number of hydrogen-bond donors (Lipinski definition) is 1. The monoisotopic (exact) mass is 323 g/mol. The molecular formula is C16H22BrNO. The van der Waals surface area contributed by atoms with Gasteiger partial charge in [0.1, 0.15) is 0 Å². The normalized spacial score (nSPS) is 25.7. The summed E-state index contributed by atoms with van der Waals surface area (Å²) in [5.41, 5.74) is 2.71. The number of anilines is 1. The van der Waals surface area contributed by atoms with Crippen molar-refractivity contribution in [2.75, 3.05) is 11.9 Å². The van der Waals surface area contributed by atoms with Crippen molar-refractivity contribution in [3.05, 3.63) is 28.2 Å². The summed E-state index contributed by atoms with van der Waals surface area (Å²) in [6.07, 6.45) is 7.46. The third-order valence-corrected chi connectivity index (χ3v) is 4.88. The van der Waals surface area contributed by atoms with Crippen molar-refractivity contribution in [3.8, 4) is 0 Å². The van der Waals surface area contributed by atoms with Crippen LogP contribution in [0.15, 0.2) is 22.7 Å². The Kier molecular flexibility index (Phi) is 3.86. The van der Waals surface area contributed by atoms with Gasteiger partial charge in [0.15, 0.2) is 0 Å². The Hall–Kier alpha value is -0.540. The standard InChI is InChI=1S/C16H22BrNO/c1-12-8-13(17)10-15(9-12)18-14-4-7-19-16(11-14)5-2-3-6-16/h8-10,14,18H,2-7,11H2,1H3. The van der Waals surface area contributed by atoms with Crippen LogP contribution in [0.3, 0.4) is 0 Å². The maximum atomic E-state index is 6.09. The van der Waals surface area contributed by atoms with E-state index < -0.39 is 0 Å². The van der Waals surface area contributed by atoms with Crippen LogP contribution >= 0.6 is 15.9 Å². The molecule has 0 aromatic heterocycles. The smallest absolute Gasteiger partial charge is 0.0702 e. The van der Waals surface area contributed by atoms with Crippen LogP contribution in [0, 0.1) is 6.92 Å². The van der Waals surface area contributed by atoms with Crippen LogP contribution in [0.5, 0.6) is 0 Å². The first-order chi connectivity index (χ1) is 9.15. The fraction of sp³-hybridized carbons (Fsp3) is 0.625. The molecule has 1 saturated carbocycles. The first kappa shape index (κ1) is 13.4. The van der Waals surface area contributed by atoms with E-state index >= 15 is 0 Å². The molecule has 1 spiro atoms. The molecule has 1 aliphatic carbocycles. The second-order valence-electron chi connectivity index (χ2n) is 6.09. The Labute approximate surface area is 124 Å². The first-order valence-electron chi connectivity index (χ1n) is 7.33. The molecule has 1 unspecified atom stereocenters. The third kappa shape index (κ3) is 3.14. The van der Waals surface area contributed by atoms with Gasteiger partial charge in [-0.05, 0) is 56.4 Å². The molecule has 1 atom stereocenters. The first-order valence-corrected chi connectivity index (χ1v) is 8.12. The van der Waals surface area contributed by atoms with E-state index in [9.17, 15) is 0 Å². The number of nitrogens with one attached hydrogen (secondary N) is 1. The summed E-state index contributed by atoms with van der Waals surface area (Å²) in [4.78, 5) is 0. The van der Waals surface area contributed by atoms with E-state index in [0.29, 0.717) is 6.04 Å². The number of aryl methyl sites for hydroxylation is 1. The van der Waals surface area contributed by atoms with Gasteiger partial charge >= 0.3 is 0 Å². The summed E-state index contributed by atoms with van der Waals surface area (Å²) in [7, 11) is 0. The topological polar surface area (TPSA) is 21.3 Å². The summed E-state index contributed by atoms with van der Waals surface area (Å²) in [5.74, 6) is 0. The van der Waals surface area contributed by atoms with Crippen LogP contribution in [0.4, 0.5) is 5.69 Å². The van der Waals surface area contributed by atoms with Crippen LogP contribution in [-0.2, 0) is 4.74 Å². The van der Waals surface area contributed by atoms with E-state index in [4.69, 9.17) is 4.74 Å². The molecule has 3 heteroatoms. The van der Waals surface area contributed by atoms with E-state index in [1.54, 1.807) is 0 Å². The van der Waals surface area contributed by atoms with Gasteiger partial charge in [-0.1, -0.05) is 28.8 Å². The van der Waals surface area contributed by atoms with E-state index in [1.165, 1.54) is 43.4 Å². The molecule has 19 heavy (non-hydrogen) atoms. The number of hydrogen-bond acceptors (Lipinski definition) is 2. The van der Waals surface area contributed by atoms with Gasteiger partial charge in [0.05, 0.1) is 5.60 Å². The van der Waals surface area contributed by atoms with Crippen LogP contribution in [0.25, 0.3) is 0 Å². The SMILES string of the molecule is Cc1cc(Br)cc(NC2CCOC3(CCCC3)C2)c1. The van der Waals surface area contributed by atoms with E-state index in [-0.39, 0.29) is 5.60 Å². The molecule has 104 valence electrons. The summed E-state index contributed by atoms with van der Waals surface area (Å²) in [5, 5.41) is 3.70. The quantitative estimate of drug-likeness (QED) is 0.854. The van der Waals surface area contributed by atoms with Crippen molar-refractivity contribution >= 4 is 21.6 Å². The van der Waals surface area contributed by atoms with Crippen molar-refractivity contribution in [3.63, 3.8) is 0 Å². The summed E-state index contributed by atoms with van der Waals surface area (Å²) in [6, 6.07) is 7.10. The molecule has 2 fully saturated rings. The van der Waals surface area contributed by atoms with E-state index in [1.807, 2.05) is 0 Å². The highest BCUT2D eigenvalue weighted by molar-refractivity contribution is 9.10. The van der Waals surface area contributed by atoms with Gasteiger partial charge in [0.2, 0.25) is 0 Å². The van der Waals surface area contributed by atoms with Gasteiger partial charge in [0.25, 0.3) is 0 Å². The molecule has 1 heterocycles. The highest BCUT2D eigenvalue weighted by Crippen LogP contribution is 2.40. The Balaban J connectivity index is 1.69. The second-order valence-corrected chi connectivity index (χ2v) is 7.01. The summed E-state index contributed by atoms with van der Waals surface area (Å²) in [6.45, 7) is 3.04. The van der Waals surface area contributed by atoms with Crippen molar-refractivity contribution in [2.24, 2.45) is 0 Å². The summed E-state index contributed by atoms with van der Waals surface area (Å²) < 4.78 is 7.24. The van der Waals surface area contributed by atoms with Crippen molar-refractivity contribution in [1.29, 1.82) is 0 Å². The molecule has 0 bridgehead atoms. The average molecular weight is 324 g/mol. The lowest BCUT2D eigenvalue weighted by Gasteiger charge is -2.39. The second kappa shape index (κ2) is 5.45. The fourth-order valence-corrected chi connectivity index (χ4v) is 4.18. The van der Waals surface area contributed by atoms with Gasteiger partial charge in [-0.25, -0.2) is 0 Å². The molecule has 0 amide bonds. The average Bonchev–Trinajstić information content (AvgIpc) is 2.76.